The third kappa shape index (κ3) is 3.52. The number of esters is 1. The third-order valence-corrected chi connectivity index (χ3v) is 6.60. The lowest BCUT2D eigenvalue weighted by atomic mass is 9.84. The van der Waals surface area contributed by atoms with E-state index < -0.39 is 6.04 Å². The molecule has 2 aliphatic heterocycles. The maximum atomic E-state index is 13.4. The number of likely N-dealkylation sites (tertiary alicyclic amines) is 2. The first-order chi connectivity index (χ1) is 13.6. The van der Waals surface area contributed by atoms with Gasteiger partial charge >= 0.3 is 5.97 Å². The summed E-state index contributed by atoms with van der Waals surface area (Å²) < 4.78 is 4.99. The smallest absolute Gasteiger partial charge is 0.328 e. The molecule has 6 heteroatoms. The summed E-state index contributed by atoms with van der Waals surface area (Å²) in [6.07, 6.45) is 5.17. The van der Waals surface area contributed by atoms with Gasteiger partial charge in [-0.25, -0.2) is 4.79 Å². The lowest BCUT2D eigenvalue weighted by molar-refractivity contribution is -0.154. The van der Waals surface area contributed by atoms with Crippen LogP contribution in [0.1, 0.15) is 44.1 Å². The summed E-state index contributed by atoms with van der Waals surface area (Å²) in [5.41, 5.74) is 1.06. The minimum atomic E-state index is -0.496. The molecule has 0 unspecified atom stereocenters. The second kappa shape index (κ2) is 7.94. The fraction of sp³-hybridized carbons (Fsp3) is 0.591. The van der Waals surface area contributed by atoms with Crippen molar-refractivity contribution in [1.29, 1.82) is 0 Å². The Kier molecular flexibility index (Phi) is 5.38. The topological polar surface area (TPSA) is 66.9 Å². The molecule has 2 amide bonds. The van der Waals surface area contributed by atoms with Crippen molar-refractivity contribution in [3.8, 4) is 0 Å². The maximum Gasteiger partial charge on any atom is 0.328 e. The maximum absolute atomic E-state index is 13.4. The molecule has 3 aliphatic rings. The van der Waals surface area contributed by atoms with Gasteiger partial charge in [-0.2, -0.15) is 0 Å². The van der Waals surface area contributed by atoms with E-state index in [1.807, 2.05) is 30.3 Å². The normalized spacial score (nSPS) is 29.7. The second-order valence-electron chi connectivity index (χ2n) is 8.29. The summed E-state index contributed by atoms with van der Waals surface area (Å²) in [5, 5.41) is 0. The van der Waals surface area contributed by atoms with Gasteiger partial charge < -0.3 is 14.5 Å². The van der Waals surface area contributed by atoms with Crippen LogP contribution in [-0.4, -0.2) is 53.3 Å². The van der Waals surface area contributed by atoms with E-state index in [-0.39, 0.29) is 36.2 Å². The molecule has 1 aromatic carbocycles. The summed E-state index contributed by atoms with van der Waals surface area (Å²) in [5.74, 6) is -0.360. The average molecular weight is 384 g/mol. The first kappa shape index (κ1) is 19.0. The third-order valence-electron chi connectivity index (χ3n) is 6.60. The zero-order valence-corrected chi connectivity index (χ0v) is 16.4. The summed E-state index contributed by atoms with van der Waals surface area (Å²) in [7, 11) is 1.38. The van der Waals surface area contributed by atoms with Crippen molar-refractivity contribution in [1.82, 2.24) is 9.80 Å². The van der Waals surface area contributed by atoms with Crippen LogP contribution in [0.4, 0.5) is 0 Å². The molecule has 2 heterocycles. The molecule has 6 nitrogen and oxygen atoms in total. The minimum Gasteiger partial charge on any atom is -0.467 e. The molecule has 4 rings (SSSR count). The predicted octanol–water partition coefficient (Wildman–Crippen LogP) is 2.37. The summed E-state index contributed by atoms with van der Waals surface area (Å²) in [6, 6.07) is 9.45. The number of rotatable bonds is 4. The number of benzene rings is 1. The number of fused-ring (bicyclic) bond motifs is 1. The largest absolute Gasteiger partial charge is 0.467 e. The number of methoxy groups -OCH3 is 1. The van der Waals surface area contributed by atoms with Gasteiger partial charge in [-0.1, -0.05) is 43.2 Å². The molecule has 0 spiro atoms. The molecule has 2 saturated heterocycles. The first-order valence-corrected chi connectivity index (χ1v) is 10.3. The van der Waals surface area contributed by atoms with Crippen LogP contribution in [-0.2, 0) is 25.7 Å². The highest BCUT2D eigenvalue weighted by Crippen LogP contribution is 2.41. The van der Waals surface area contributed by atoms with Crippen LogP contribution in [0.15, 0.2) is 30.3 Å². The van der Waals surface area contributed by atoms with Crippen molar-refractivity contribution in [3.05, 3.63) is 35.9 Å². The van der Waals surface area contributed by atoms with E-state index in [1.54, 1.807) is 9.80 Å². The average Bonchev–Trinajstić information content (AvgIpc) is 3.28. The Bertz CT molecular complexity index is 750. The Morgan fingerprint density at radius 2 is 1.89 bits per heavy atom. The highest BCUT2D eigenvalue weighted by molar-refractivity contribution is 5.92. The van der Waals surface area contributed by atoms with Gasteiger partial charge in [0.1, 0.15) is 6.04 Å². The van der Waals surface area contributed by atoms with Gasteiger partial charge in [-0.05, 0) is 30.7 Å². The Morgan fingerprint density at radius 1 is 1.14 bits per heavy atom. The van der Waals surface area contributed by atoms with Crippen LogP contribution in [0.5, 0.6) is 0 Å². The Hall–Kier alpha value is -2.37. The first-order valence-electron chi connectivity index (χ1n) is 10.3. The fourth-order valence-electron chi connectivity index (χ4n) is 5.23. The number of hydrogen-bond acceptors (Lipinski definition) is 4. The van der Waals surface area contributed by atoms with Gasteiger partial charge in [0.25, 0.3) is 0 Å². The lowest BCUT2D eigenvalue weighted by Gasteiger charge is -2.34. The van der Waals surface area contributed by atoms with Crippen molar-refractivity contribution in [3.63, 3.8) is 0 Å². The molecule has 150 valence electrons. The van der Waals surface area contributed by atoms with Crippen molar-refractivity contribution in [2.45, 2.75) is 57.2 Å². The minimum absolute atomic E-state index is 0.0104. The zero-order chi connectivity index (χ0) is 19.7. The number of hydrogen-bond donors (Lipinski definition) is 0. The Balaban J connectivity index is 1.49. The highest BCUT2D eigenvalue weighted by Gasteiger charge is 2.50. The van der Waals surface area contributed by atoms with E-state index in [0.717, 1.165) is 31.2 Å². The summed E-state index contributed by atoms with van der Waals surface area (Å²) in [6.45, 7) is 0.949. The number of carbonyl (C=O) groups is 3. The van der Waals surface area contributed by atoms with Crippen LogP contribution >= 0.6 is 0 Å². The van der Waals surface area contributed by atoms with Crippen molar-refractivity contribution in [2.24, 2.45) is 11.8 Å². The number of ether oxygens (including phenoxy) is 1. The molecular weight excluding hydrogens is 356 g/mol. The summed E-state index contributed by atoms with van der Waals surface area (Å²) >= 11 is 0. The zero-order valence-electron chi connectivity index (χ0n) is 16.4. The van der Waals surface area contributed by atoms with Gasteiger partial charge in [0.2, 0.25) is 11.8 Å². The number of amides is 2. The number of carbonyl (C=O) groups excluding carboxylic acids is 3. The van der Waals surface area contributed by atoms with Crippen LogP contribution in [0.2, 0.25) is 0 Å². The number of nitrogens with zero attached hydrogens (tertiary/aromatic N) is 2. The molecular formula is C22H28N2O4. The molecule has 0 N–H and O–H groups in total. The van der Waals surface area contributed by atoms with Crippen LogP contribution in [0.25, 0.3) is 0 Å². The van der Waals surface area contributed by atoms with E-state index >= 15 is 0 Å². The van der Waals surface area contributed by atoms with Crippen LogP contribution in [0.3, 0.4) is 0 Å². The molecule has 0 aromatic heterocycles. The molecule has 3 fully saturated rings. The molecule has 4 atom stereocenters. The van der Waals surface area contributed by atoms with Crippen LogP contribution < -0.4 is 0 Å². The molecule has 1 aliphatic carbocycles. The lowest BCUT2D eigenvalue weighted by Crippen LogP contribution is -2.49. The van der Waals surface area contributed by atoms with Gasteiger partial charge in [-0.3, -0.25) is 9.59 Å². The van der Waals surface area contributed by atoms with Gasteiger partial charge in [0, 0.05) is 25.6 Å². The van der Waals surface area contributed by atoms with E-state index in [1.165, 1.54) is 7.11 Å². The predicted molar refractivity (Wildman–Crippen MR) is 103 cm³/mol. The molecule has 0 bridgehead atoms. The van der Waals surface area contributed by atoms with Crippen molar-refractivity contribution >= 4 is 17.8 Å². The molecule has 0 radical (unpaired) electrons. The van der Waals surface area contributed by atoms with Gasteiger partial charge in [0.15, 0.2) is 0 Å². The fourth-order valence-corrected chi connectivity index (χ4v) is 5.23. The van der Waals surface area contributed by atoms with E-state index in [2.05, 4.69) is 0 Å². The summed E-state index contributed by atoms with van der Waals surface area (Å²) in [4.78, 5) is 41.9. The quantitative estimate of drug-likeness (QED) is 0.748. The Labute approximate surface area is 165 Å². The van der Waals surface area contributed by atoms with E-state index in [9.17, 15) is 14.4 Å². The highest BCUT2D eigenvalue weighted by atomic mass is 16.5. The molecule has 1 aromatic rings. The van der Waals surface area contributed by atoms with E-state index in [0.29, 0.717) is 25.4 Å². The van der Waals surface area contributed by atoms with Gasteiger partial charge in [-0.15, -0.1) is 0 Å². The standard InChI is InChI=1S/C22H28N2O4/c1-28-22(27)19-11-16-9-5-6-10-18(16)24(19)21(26)17-12-20(25)23(14-17)13-15-7-3-2-4-8-15/h2-4,7-8,16-19H,5-6,9-14H2,1H3/t16-,17-,18-,19-/m0/s1. The van der Waals surface area contributed by atoms with Crippen molar-refractivity contribution < 1.29 is 19.1 Å². The van der Waals surface area contributed by atoms with Gasteiger partial charge in [0.05, 0.1) is 13.0 Å². The van der Waals surface area contributed by atoms with E-state index in [4.69, 9.17) is 4.74 Å². The van der Waals surface area contributed by atoms with Crippen LogP contribution in [0, 0.1) is 11.8 Å². The van der Waals surface area contributed by atoms with Crippen molar-refractivity contribution in [2.75, 3.05) is 13.7 Å². The monoisotopic (exact) mass is 384 g/mol. The molecule has 28 heavy (non-hydrogen) atoms. The molecule has 1 saturated carbocycles. The Morgan fingerprint density at radius 3 is 2.64 bits per heavy atom. The SMILES string of the molecule is COC(=O)[C@@H]1C[C@@H]2CCCC[C@@H]2N1C(=O)[C@H]1CC(=O)N(Cc2ccccc2)C1. The second-order valence-corrected chi connectivity index (χ2v) is 8.29.